The molecule has 1 amide bonds. The summed E-state index contributed by atoms with van der Waals surface area (Å²) in [4.78, 5) is 17.5. The number of amides is 1. The molecule has 2 aromatic heterocycles. The molecule has 1 saturated carbocycles. The quantitative estimate of drug-likeness (QED) is 0.648. The first-order chi connectivity index (χ1) is 14.6. The summed E-state index contributed by atoms with van der Waals surface area (Å²) in [5, 5.41) is 8.13. The van der Waals surface area contributed by atoms with Crippen molar-refractivity contribution in [2.45, 2.75) is 64.6 Å². The zero-order valence-electron chi connectivity index (χ0n) is 18.4. The van der Waals surface area contributed by atoms with E-state index in [4.69, 9.17) is 9.47 Å². The molecule has 0 atom stereocenters. The number of aromatic nitrogens is 4. The summed E-state index contributed by atoms with van der Waals surface area (Å²) in [5.74, 6) is -2.26. The average Bonchev–Trinajstić information content (AvgIpc) is 3.07. The van der Waals surface area contributed by atoms with Gasteiger partial charge in [0.1, 0.15) is 23.7 Å². The smallest absolute Gasteiger partial charge is 0.410 e. The number of halogens is 2. The number of pyridine rings is 1. The summed E-state index contributed by atoms with van der Waals surface area (Å²) < 4.78 is 39.0. The fourth-order valence-corrected chi connectivity index (χ4v) is 3.63. The highest BCUT2D eigenvalue weighted by atomic mass is 19.3. The normalized spacial score (nSPS) is 15.0. The van der Waals surface area contributed by atoms with Crippen molar-refractivity contribution in [2.24, 2.45) is 7.05 Å². The monoisotopic (exact) mass is 437 g/mol. The molecule has 0 aromatic carbocycles. The second-order valence-corrected chi connectivity index (χ2v) is 8.15. The second kappa shape index (κ2) is 9.57. The Labute approximate surface area is 180 Å². The Morgan fingerprint density at radius 1 is 1.29 bits per heavy atom. The third kappa shape index (κ3) is 6.11. The molecular formula is C21H29F2N5O3. The van der Waals surface area contributed by atoms with Gasteiger partial charge in [-0.1, -0.05) is 11.6 Å². The van der Waals surface area contributed by atoms with Gasteiger partial charge in [-0.3, -0.25) is 0 Å². The Kier molecular flexibility index (Phi) is 7.07. The maximum atomic E-state index is 13.1. The highest BCUT2D eigenvalue weighted by Crippen LogP contribution is 2.28. The first-order valence-corrected chi connectivity index (χ1v) is 10.4. The van der Waals surface area contributed by atoms with Gasteiger partial charge in [-0.25, -0.2) is 23.2 Å². The van der Waals surface area contributed by atoms with Crippen LogP contribution < -0.4 is 4.74 Å². The fourth-order valence-electron chi connectivity index (χ4n) is 3.63. The van der Waals surface area contributed by atoms with Crippen LogP contribution >= 0.6 is 0 Å². The minimum Gasteiger partial charge on any atom is -0.489 e. The van der Waals surface area contributed by atoms with Gasteiger partial charge in [0.15, 0.2) is 0 Å². The lowest BCUT2D eigenvalue weighted by atomic mass is 9.98. The molecule has 2 aromatic rings. The number of alkyl halides is 2. The molecule has 0 N–H and O–H groups in total. The van der Waals surface area contributed by atoms with Gasteiger partial charge in [0, 0.05) is 21.0 Å². The van der Waals surface area contributed by atoms with Gasteiger partial charge >= 0.3 is 6.09 Å². The van der Waals surface area contributed by atoms with Crippen molar-refractivity contribution in [3.8, 4) is 17.1 Å². The molecule has 0 spiro atoms. The van der Waals surface area contributed by atoms with Crippen molar-refractivity contribution < 1.29 is 23.0 Å². The van der Waals surface area contributed by atoms with Crippen LogP contribution in [0.5, 0.6) is 5.75 Å². The molecule has 170 valence electrons. The molecule has 0 bridgehead atoms. The van der Waals surface area contributed by atoms with Crippen molar-refractivity contribution in [1.29, 1.82) is 0 Å². The van der Waals surface area contributed by atoms with Crippen molar-refractivity contribution in [3.05, 3.63) is 23.5 Å². The number of carbonyl (C=O) groups excluding carboxylic acids is 1. The third-order valence-electron chi connectivity index (χ3n) is 5.23. The minimum absolute atomic E-state index is 0.168. The van der Waals surface area contributed by atoms with Crippen LogP contribution in [0.3, 0.4) is 0 Å². The summed E-state index contributed by atoms with van der Waals surface area (Å²) in [7, 11) is 2.93. The zero-order chi connectivity index (χ0) is 22.6. The molecule has 31 heavy (non-hydrogen) atoms. The molecular weight excluding hydrogens is 408 g/mol. The van der Waals surface area contributed by atoms with Crippen LogP contribution in [0, 0.1) is 6.92 Å². The second-order valence-electron chi connectivity index (χ2n) is 8.15. The van der Waals surface area contributed by atoms with Gasteiger partial charge in [0.2, 0.25) is 0 Å². The number of aryl methyl sites for hydroxylation is 2. The fraction of sp³-hybridized carbons (Fsp3) is 0.619. The van der Waals surface area contributed by atoms with Crippen LogP contribution in [-0.4, -0.2) is 56.6 Å². The topological polar surface area (TPSA) is 82.4 Å². The first kappa shape index (κ1) is 22.9. The number of hydrogen-bond donors (Lipinski definition) is 0. The maximum absolute atomic E-state index is 13.1. The van der Waals surface area contributed by atoms with Gasteiger partial charge < -0.3 is 14.4 Å². The Hall–Kier alpha value is -2.78. The van der Waals surface area contributed by atoms with E-state index in [1.165, 1.54) is 31.0 Å². The number of nitrogens with zero attached hydrogens (tertiary/aromatic N) is 5. The van der Waals surface area contributed by atoms with Gasteiger partial charge in [0.05, 0.1) is 24.0 Å². The maximum Gasteiger partial charge on any atom is 0.410 e. The molecule has 2 heterocycles. The van der Waals surface area contributed by atoms with E-state index in [2.05, 4.69) is 15.3 Å². The lowest BCUT2D eigenvalue weighted by molar-refractivity contribution is -0.0101. The van der Waals surface area contributed by atoms with E-state index in [0.717, 1.165) is 36.1 Å². The molecule has 1 aliphatic carbocycles. The van der Waals surface area contributed by atoms with Crippen LogP contribution in [0.4, 0.5) is 13.6 Å². The molecule has 0 unspecified atom stereocenters. The zero-order valence-corrected chi connectivity index (χ0v) is 18.4. The first-order valence-electron chi connectivity index (χ1n) is 10.4. The SMILES string of the molecule is Cc1nc(-c2nnn(C)c2COC(=O)N(C)CC(C)(F)F)ccc1OC1CCCCC1. The Morgan fingerprint density at radius 3 is 2.65 bits per heavy atom. The summed E-state index contributed by atoms with van der Waals surface area (Å²) in [6.07, 6.45) is 5.10. The molecule has 0 aliphatic heterocycles. The van der Waals surface area contributed by atoms with Gasteiger partial charge in [0.25, 0.3) is 5.92 Å². The van der Waals surface area contributed by atoms with Crippen molar-refractivity contribution in [2.75, 3.05) is 13.6 Å². The van der Waals surface area contributed by atoms with E-state index >= 15 is 0 Å². The molecule has 0 saturated heterocycles. The van der Waals surface area contributed by atoms with Crippen LogP contribution in [0.15, 0.2) is 12.1 Å². The van der Waals surface area contributed by atoms with Gasteiger partial charge in [-0.05, 0) is 44.7 Å². The lowest BCUT2D eigenvalue weighted by Crippen LogP contribution is -2.36. The predicted molar refractivity (Wildman–Crippen MR) is 110 cm³/mol. The highest BCUT2D eigenvalue weighted by Gasteiger charge is 2.27. The van der Waals surface area contributed by atoms with E-state index in [1.807, 2.05) is 13.0 Å². The third-order valence-corrected chi connectivity index (χ3v) is 5.23. The van der Waals surface area contributed by atoms with E-state index in [0.29, 0.717) is 17.1 Å². The summed E-state index contributed by atoms with van der Waals surface area (Å²) >= 11 is 0. The Morgan fingerprint density at radius 2 is 2.00 bits per heavy atom. The highest BCUT2D eigenvalue weighted by molar-refractivity contribution is 5.67. The number of ether oxygens (including phenoxy) is 2. The van der Waals surface area contributed by atoms with E-state index in [-0.39, 0.29) is 12.7 Å². The van der Waals surface area contributed by atoms with E-state index < -0.39 is 18.6 Å². The van der Waals surface area contributed by atoms with Crippen molar-refractivity contribution >= 4 is 6.09 Å². The molecule has 8 nitrogen and oxygen atoms in total. The van der Waals surface area contributed by atoms with Crippen molar-refractivity contribution in [3.63, 3.8) is 0 Å². The van der Waals surface area contributed by atoms with Crippen LogP contribution in [0.2, 0.25) is 0 Å². The number of carbonyl (C=O) groups is 1. The minimum atomic E-state index is -3.00. The van der Waals surface area contributed by atoms with Crippen LogP contribution in [0.1, 0.15) is 50.4 Å². The molecule has 0 radical (unpaired) electrons. The van der Waals surface area contributed by atoms with Crippen molar-refractivity contribution in [1.82, 2.24) is 24.9 Å². The number of hydrogen-bond acceptors (Lipinski definition) is 6. The molecule has 1 fully saturated rings. The summed E-state index contributed by atoms with van der Waals surface area (Å²) in [6.45, 7) is 1.72. The standard InChI is InChI=1S/C21H29F2N5O3/c1-14-18(31-15-8-6-5-7-9-15)11-10-16(24-14)19-17(28(4)26-25-19)12-30-20(29)27(3)13-21(2,22)23/h10-11,15H,5-9,12-13H2,1-4H3. The van der Waals surface area contributed by atoms with Crippen LogP contribution in [-0.2, 0) is 18.4 Å². The number of rotatable bonds is 7. The molecule has 3 rings (SSSR count). The Balaban J connectivity index is 1.70. The molecule has 10 heteroatoms. The Bertz CT molecular complexity index is 907. The predicted octanol–water partition coefficient (Wildman–Crippen LogP) is 4.12. The summed E-state index contributed by atoms with van der Waals surface area (Å²) in [5.41, 5.74) is 2.28. The average molecular weight is 437 g/mol. The van der Waals surface area contributed by atoms with E-state index in [9.17, 15) is 13.6 Å². The van der Waals surface area contributed by atoms with Crippen LogP contribution in [0.25, 0.3) is 11.4 Å². The lowest BCUT2D eigenvalue weighted by Gasteiger charge is -2.23. The van der Waals surface area contributed by atoms with Gasteiger partial charge in [-0.15, -0.1) is 5.10 Å². The van der Waals surface area contributed by atoms with E-state index in [1.54, 1.807) is 13.1 Å². The largest absolute Gasteiger partial charge is 0.489 e. The molecule has 1 aliphatic rings. The van der Waals surface area contributed by atoms with Gasteiger partial charge in [-0.2, -0.15) is 0 Å². The summed E-state index contributed by atoms with van der Waals surface area (Å²) in [6, 6.07) is 3.66.